The molecule has 2 heterocycles. The first kappa shape index (κ1) is 22.7. The molecule has 0 radical (unpaired) electrons. The Morgan fingerprint density at radius 2 is 1.82 bits per heavy atom. The van der Waals surface area contributed by atoms with E-state index in [9.17, 15) is 9.18 Å². The molecule has 1 aliphatic rings. The number of ether oxygens (including phenoxy) is 2. The number of likely N-dealkylation sites (tertiary alicyclic amines) is 1. The van der Waals surface area contributed by atoms with E-state index >= 15 is 4.39 Å². The topological polar surface area (TPSA) is 90.6 Å². The van der Waals surface area contributed by atoms with Crippen LogP contribution in [0.2, 0.25) is 0 Å². The number of nitrogen functional groups attached to an aromatic ring is 1. The van der Waals surface area contributed by atoms with E-state index in [4.69, 9.17) is 15.2 Å². The van der Waals surface area contributed by atoms with E-state index in [1.165, 1.54) is 26.4 Å². The number of aromatic nitrogens is 2. The van der Waals surface area contributed by atoms with E-state index in [2.05, 4.69) is 9.97 Å². The van der Waals surface area contributed by atoms with Gasteiger partial charge in [-0.1, -0.05) is 12.1 Å². The SMILES string of the molecule is COc1cc2c(N)nc(C3CCN(C(=O)CCc4ccc(F)cc4)CC3)nc2c(F)c1OC. The molecule has 4 rings (SSSR count). The molecule has 0 spiro atoms. The largest absolute Gasteiger partial charge is 0.493 e. The number of fused-ring (bicyclic) bond motifs is 1. The molecular formula is C24H26F2N4O3. The van der Waals surface area contributed by atoms with Crippen LogP contribution >= 0.6 is 0 Å². The summed E-state index contributed by atoms with van der Waals surface area (Å²) in [5, 5.41) is 0.363. The van der Waals surface area contributed by atoms with Crippen LogP contribution in [0.1, 0.15) is 36.6 Å². The number of aryl methyl sites for hydroxylation is 1. The summed E-state index contributed by atoms with van der Waals surface area (Å²) in [5.74, 6) is -0.0903. The highest BCUT2D eigenvalue weighted by Crippen LogP contribution is 2.38. The molecule has 0 bridgehead atoms. The Hall–Kier alpha value is -3.49. The Kier molecular flexibility index (Phi) is 6.57. The Labute approximate surface area is 190 Å². The van der Waals surface area contributed by atoms with Crippen LogP contribution in [-0.4, -0.2) is 48.1 Å². The third-order valence-corrected chi connectivity index (χ3v) is 6.08. The van der Waals surface area contributed by atoms with E-state index in [-0.39, 0.29) is 40.5 Å². The summed E-state index contributed by atoms with van der Waals surface area (Å²) in [7, 11) is 2.78. The van der Waals surface area contributed by atoms with Crippen molar-refractivity contribution in [3.8, 4) is 11.5 Å². The summed E-state index contributed by atoms with van der Waals surface area (Å²) in [4.78, 5) is 23.3. The average Bonchev–Trinajstić information content (AvgIpc) is 2.83. The van der Waals surface area contributed by atoms with Crippen molar-refractivity contribution in [1.82, 2.24) is 14.9 Å². The van der Waals surface area contributed by atoms with Crippen LogP contribution in [0.4, 0.5) is 14.6 Å². The Morgan fingerprint density at radius 1 is 1.12 bits per heavy atom. The number of methoxy groups -OCH3 is 2. The van der Waals surface area contributed by atoms with Gasteiger partial charge in [0.15, 0.2) is 17.3 Å². The molecule has 0 unspecified atom stereocenters. The highest BCUT2D eigenvalue weighted by molar-refractivity contribution is 5.91. The summed E-state index contributed by atoms with van der Waals surface area (Å²) in [5.41, 5.74) is 7.14. The Balaban J connectivity index is 1.44. The van der Waals surface area contributed by atoms with Crippen molar-refractivity contribution in [3.63, 3.8) is 0 Å². The molecule has 174 valence electrons. The molecule has 7 nitrogen and oxygen atoms in total. The number of nitrogens with two attached hydrogens (primary N) is 1. The molecule has 1 aromatic heterocycles. The summed E-state index contributed by atoms with van der Waals surface area (Å²) in [6, 6.07) is 7.75. The van der Waals surface area contributed by atoms with Crippen LogP contribution in [0.3, 0.4) is 0 Å². The second-order valence-electron chi connectivity index (χ2n) is 8.07. The van der Waals surface area contributed by atoms with Crippen molar-refractivity contribution in [1.29, 1.82) is 0 Å². The number of hydrogen-bond acceptors (Lipinski definition) is 6. The first-order valence-electron chi connectivity index (χ1n) is 10.8. The number of carbonyl (C=O) groups is 1. The third-order valence-electron chi connectivity index (χ3n) is 6.08. The van der Waals surface area contributed by atoms with Crippen LogP contribution < -0.4 is 15.2 Å². The fraction of sp³-hybridized carbons (Fsp3) is 0.375. The number of benzene rings is 2. The molecule has 33 heavy (non-hydrogen) atoms. The summed E-state index contributed by atoms with van der Waals surface area (Å²) >= 11 is 0. The van der Waals surface area contributed by atoms with Crippen molar-refractivity contribution in [2.24, 2.45) is 0 Å². The van der Waals surface area contributed by atoms with Gasteiger partial charge < -0.3 is 20.1 Å². The fourth-order valence-corrected chi connectivity index (χ4v) is 4.20. The van der Waals surface area contributed by atoms with Crippen molar-refractivity contribution in [2.45, 2.75) is 31.6 Å². The van der Waals surface area contributed by atoms with Crippen LogP contribution in [-0.2, 0) is 11.2 Å². The molecule has 1 saturated heterocycles. The van der Waals surface area contributed by atoms with Crippen LogP contribution in [0.5, 0.6) is 11.5 Å². The van der Waals surface area contributed by atoms with Gasteiger partial charge in [0.05, 0.1) is 14.2 Å². The van der Waals surface area contributed by atoms with Crippen LogP contribution in [0.15, 0.2) is 30.3 Å². The lowest BCUT2D eigenvalue weighted by Crippen LogP contribution is -2.38. The van der Waals surface area contributed by atoms with Gasteiger partial charge in [0, 0.05) is 30.8 Å². The van der Waals surface area contributed by atoms with Gasteiger partial charge in [0.1, 0.15) is 23.0 Å². The lowest BCUT2D eigenvalue weighted by Gasteiger charge is -2.31. The van der Waals surface area contributed by atoms with Gasteiger partial charge in [-0.2, -0.15) is 0 Å². The lowest BCUT2D eigenvalue weighted by atomic mass is 9.95. The van der Waals surface area contributed by atoms with E-state index in [1.807, 2.05) is 4.90 Å². The molecule has 1 fully saturated rings. The predicted octanol–water partition coefficient (Wildman–Crippen LogP) is 3.85. The van der Waals surface area contributed by atoms with Gasteiger partial charge in [0.25, 0.3) is 0 Å². The summed E-state index contributed by atoms with van der Waals surface area (Å²) in [6.07, 6.45) is 2.24. The van der Waals surface area contributed by atoms with Gasteiger partial charge in [0.2, 0.25) is 5.91 Å². The first-order valence-corrected chi connectivity index (χ1v) is 10.8. The smallest absolute Gasteiger partial charge is 0.222 e. The van der Waals surface area contributed by atoms with Gasteiger partial charge in [-0.05, 0) is 43.0 Å². The van der Waals surface area contributed by atoms with Crippen molar-refractivity contribution >= 4 is 22.6 Å². The molecule has 2 N–H and O–H groups in total. The standard InChI is InChI=1S/C24H26F2N4O3/c1-32-18-13-17-21(20(26)22(18)33-2)28-24(29-23(17)27)15-9-11-30(12-10-15)19(31)8-5-14-3-6-16(25)7-4-14/h3-4,6-7,13,15H,5,8-12H2,1-2H3,(H2,27,28,29). The fourth-order valence-electron chi connectivity index (χ4n) is 4.20. The van der Waals surface area contributed by atoms with Crippen molar-refractivity contribution < 1.29 is 23.0 Å². The molecule has 0 aliphatic carbocycles. The minimum absolute atomic E-state index is 0.0318. The molecule has 1 aliphatic heterocycles. The van der Waals surface area contributed by atoms with Crippen molar-refractivity contribution in [2.75, 3.05) is 33.0 Å². The summed E-state index contributed by atoms with van der Waals surface area (Å²) < 4.78 is 38.4. The minimum Gasteiger partial charge on any atom is -0.493 e. The maximum Gasteiger partial charge on any atom is 0.222 e. The maximum absolute atomic E-state index is 15.0. The zero-order valence-corrected chi connectivity index (χ0v) is 18.6. The lowest BCUT2D eigenvalue weighted by molar-refractivity contribution is -0.132. The van der Waals surface area contributed by atoms with Gasteiger partial charge in [-0.3, -0.25) is 4.79 Å². The molecular weight excluding hydrogens is 430 g/mol. The number of amides is 1. The number of carbonyl (C=O) groups excluding carboxylic acids is 1. The van der Waals surface area contributed by atoms with E-state index in [0.717, 1.165) is 5.56 Å². The number of hydrogen-bond donors (Lipinski definition) is 1. The second-order valence-corrected chi connectivity index (χ2v) is 8.07. The van der Waals surface area contributed by atoms with Gasteiger partial charge in [-0.25, -0.2) is 18.7 Å². The number of rotatable bonds is 6. The second kappa shape index (κ2) is 9.56. The molecule has 2 aromatic carbocycles. The quantitative estimate of drug-likeness (QED) is 0.606. The zero-order chi connectivity index (χ0) is 23.5. The monoisotopic (exact) mass is 456 g/mol. The predicted molar refractivity (Wildman–Crippen MR) is 120 cm³/mol. The van der Waals surface area contributed by atoms with E-state index in [1.54, 1.807) is 18.2 Å². The van der Waals surface area contributed by atoms with Crippen LogP contribution in [0.25, 0.3) is 10.9 Å². The van der Waals surface area contributed by atoms with Crippen molar-refractivity contribution in [3.05, 3.63) is 53.4 Å². The number of anilines is 1. The third kappa shape index (κ3) is 4.67. The number of nitrogens with zero attached hydrogens (tertiary/aromatic N) is 3. The number of halogens is 2. The minimum atomic E-state index is -0.643. The highest BCUT2D eigenvalue weighted by Gasteiger charge is 2.27. The molecule has 3 aromatic rings. The van der Waals surface area contributed by atoms with E-state index in [0.29, 0.717) is 50.0 Å². The Bertz CT molecular complexity index is 1160. The number of piperidine rings is 1. The normalized spacial score (nSPS) is 14.5. The van der Waals surface area contributed by atoms with Gasteiger partial charge in [-0.15, -0.1) is 0 Å². The molecule has 0 atom stereocenters. The first-order chi connectivity index (χ1) is 15.9. The zero-order valence-electron chi connectivity index (χ0n) is 18.6. The average molecular weight is 456 g/mol. The maximum atomic E-state index is 15.0. The molecule has 0 saturated carbocycles. The Morgan fingerprint density at radius 3 is 2.45 bits per heavy atom. The molecule has 9 heteroatoms. The van der Waals surface area contributed by atoms with E-state index < -0.39 is 5.82 Å². The molecule has 1 amide bonds. The summed E-state index contributed by atoms with van der Waals surface area (Å²) in [6.45, 7) is 1.12. The van der Waals surface area contributed by atoms with Gasteiger partial charge >= 0.3 is 0 Å². The highest BCUT2D eigenvalue weighted by atomic mass is 19.1. The van der Waals surface area contributed by atoms with Crippen LogP contribution in [0, 0.1) is 11.6 Å².